The maximum absolute atomic E-state index is 15.1. The molecule has 0 aliphatic heterocycles. The number of ketones is 2. The van der Waals surface area contributed by atoms with Crippen LogP contribution in [0.3, 0.4) is 0 Å². The Balaban J connectivity index is 1.96. The number of allylic oxidation sites excluding steroid dienone is 1. The van der Waals surface area contributed by atoms with Gasteiger partial charge in [-0.15, -0.1) is 0 Å². The van der Waals surface area contributed by atoms with Crippen LogP contribution in [0.15, 0.2) is 77.2 Å². The van der Waals surface area contributed by atoms with Crippen LogP contribution in [0.2, 0.25) is 0 Å². The smallest absolute Gasteiger partial charge is 0.308 e. The molecule has 0 aliphatic carbocycles. The van der Waals surface area contributed by atoms with Crippen LogP contribution >= 0.6 is 0 Å². The monoisotopic (exact) mass is 834 g/mol. The number of rotatable bonds is 13. The average Bonchev–Trinajstić information content (AvgIpc) is 3.54. The van der Waals surface area contributed by atoms with Crippen molar-refractivity contribution in [1.82, 2.24) is 0 Å². The first-order valence-electron chi connectivity index (χ1n) is 17.9. The van der Waals surface area contributed by atoms with E-state index in [4.69, 9.17) is 37.6 Å². The lowest BCUT2D eigenvalue weighted by Gasteiger charge is -2.17. The molecule has 5 aromatic rings. The molecule has 0 atom stereocenters. The Morgan fingerprint density at radius 3 is 1.57 bits per heavy atom. The Kier molecular flexibility index (Phi) is 13.4. The summed E-state index contributed by atoms with van der Waals surface area (Å²) >= 11 is 0. The number of ether oxygens (including phenoxy) is 7. The van der Waals surface area contributed by atoms with Gasteiger partial charge in [-0.3, -0.25) is 43.2 Å². The zero-order valence-corrected chi connectivity index (χ0v) is 33.4. The molecule has 0 unspecified atom stereocenters. The lowest BCUT2D eigenvalue weighted by Crippen LogP contribution is -2.15. The van der Waals surface area contributed by atoms with E-state index >= 15 is 4.79 Å². The van der Waals surface area contributed by atoms with Crippen molar-refractivity contribution >= 4 is 70.4 Å². The van der Waals surface area contributed by atoms with Gasteiger partial charge >= 0.3 is 41.8 Å². The molecule has 0 saturated heterocycles. The van der Waals surface area contributed by atoms with Gasteiger partial charge in [-0.25, -0.2) is 0 Å². The van der Waals surface area contributed by atoms with Crippen LogP contribution in [-0.4, -0.2) is 53.4 Å². The van der Waals surface area contributed by atoms with Crippen LogP contribution < -0.4 is 33.2 Å². The molecule has 0 N–H and O–H groups in total. The lowest BCUT2D eigenvalue weighted by molar-refractivity contribution is -0.135. The van der Waals surface area contributed by atoms with E-state index in [1.165, 1.54) is 62.4 Å². The van der Waals surface area contributed by atoms with Crippen molar-refractivity contribution in [2.75, 3.05) is 0 Å². The minimum atomic E-state index is -1.05. The molecule has 1 heterocycles. The maximum atomic E-state index is 15.1. The van der Waals surface area contributed by atoms with Crippen molar-refractivity contribution in [3.63, 3.8) is 0 Å². The molecular formula is C44H34O17. The maximum Gasteiger partial charge on any atom is 0.308 e. The molecular weight excluding hydrogens is 800 g/mol. The fraction of sp³-hybridized carbons (Fsp3) is 0.159. The molecule has 0 bridgehead atoms. The number of furan rings is 1. The molecule has 312 valence electrons. The quantitative estimate of drug-likeness (QED) is 0.0519. The summed E-state index contributed by atoms with van der Waals surface area (Å²) in [6.07, 6.45) is 2.33. The Hall–Kier alpha value is -8.21. The molecule has 0 saturated carbocycles. The topological polar surface area (TPSA) is 231 Å². The molecule has 1 aromatic heterocycles. The van der Waals surface area contributed by atoms with Gasteiger partial charge in [-0.1, -0.05) is 18.2 Å². The van der Waals surface area contributed by atoms with Gasteiger partial charge < -0.3 is 37.6 Å². The first kappa shape index (κ1) is 43.9. The van der Waals surface area contributed by atoms with E-state index < -0.39 is 98.4 Å². The SMILES string of the molecule is CC(=O)Oc1ccc(-c2oc3c(C(=O)C=Cc4cccc(OC(C)=O)c4)c(OC(C)=O)c(OC(C)=O)c(OC(C)=O)c3c2C(=O)c2ccc(OC(C)=O)cc2OC(C)=O)cc1. The Morgan fingerprint density at radius 2 is 1.00 bits per heavy atom. The van der Waals surface area contributed by atoms with Crippen molar-refractivity contribution in [3.8, 4) is 51.6 Å². The summed E-state index contributed by atoms with van der Waals surface area (Å²) in [6, 6.07) is 15.0. The molecule has 0 spiro atoms. The number of fused-ring (bicyclic) bond motifs is 1. The fourth-order valence-electron chi connectivity index (χ4n) is 5.86. The second-order valence-electron chi connectivity index (χ2n) is 12.8. The van der Waals surface area contributed by atoms with Gasteiger partial charge in [0.15, 0.2) is 22.9 Å². The van der Waals surface area contributed by atoms with Gasteiger partial charge in [-0.2, -0.15) is 0 Å². The van der Waals surface area contributed by atoms with Crippen LogP contribution in [0.1, 0.15) is 80.3 Å². The Labute approximate surface area is 345 Å². The molecule has 0 aliphatic rings. The number of benzene rings is 4. The second-order valence-corrected chi connectivity index (χ2v) is 12.8. The summed E-state index contributed by atoms with van der Waals surface area (Å²) in [5.41, 5.74) is -1.51. The van der Waals surface area contributed by atoms with Crippen LogP contribution in [0.4, 0.5) is 0 Å². The van der Waals surface area contributed by atoms with E-state index in [2.05, 4.69) is 0 Å². The predicted molar refractivity (Wildman–Crippen MR) is 210 cm³/mol. The highest BCUT2D eigenvalue weighted by molar-refractivity contribution is 6.26. The molecule has 4 aromatic carbocycles. The molecule has 0 radical (unpaired) electrons. The average molecular weight is 835 g/mol. The van der Waals surface area contributed by atoms with E-state index in [-0.39, 0.29) is 34.1 Å². The first-order chi connectivity index (χ1) is 28.8. The fourth-order valence-corrected chi connectivity index (χ4v) is 5.86. The molecule has 0 amide bonds. The number of hydrogen-bond donors (Lipinski definition) is 0. The van der Waals surface area contributed by atoms with Crippen LogP contribution in [-0.2, 0) is 33.6 Å². The third-order valence-corrected chi connectivity index (χ3v) is 7.85. The van der Waals surface area contributed by atoms with Crippen molar-refractivity contribution in [1.29, 1.82) is 0 Å². The zero-order chi connectivity index (χ0) is 44.7. The number of hydrogen-bond acceptors (Lipinski definition) is 17. The summed E-state index contributed by atoms with van der Waals surface area (Å²) in [5.74, 6) is -10.8. The highest BCUT2D eigenvalue weighted by Gasteiger charge is 2.37. The lowest BCUT2D eigenvalue weighted by atomic mass is 9.94. The Morgan fingerprint density at radius 1 is 0.492 bits per heavy atom. The van der Waals surface area contributed by atoms with Gasteiger partial charge in [0.1, 0.15) is 34.3 Å². The molecule has 17 nitrogen and oxygen atoms in total. The molecule has 17 heteroatoms. The molecule has 5 rings (SSSR count). The largest absolute Gasteiger partial charge is 0.454 e. The minimum absolute atomic E-state index is 0.0899. The standard InChI is InChI=1S/C44H34O17/c1-21(45)54-30-14-12-29(13-15-30)40-37(39(53)33-17-16-32(56-23(3)47)20-35(33)57-24(4)48)38-41(61-40)36(34(52)18-11-28-9-8-10-31(19-28)55-22(2)46)42(58-25(5)49)44(60-27(7)51)43(38)59-26(6)50/h8-20H,1-7H3. The first-order valence-corrected chi connectivity index (χ1v) is 17.9. The van der Waals surface area contributed by atoms with Crippen LogP contribution in [0.5, 0.6) is 40.2 Å². The van der Waals surface area contributed by atoms with Gasteiger partial charge in [0.25, 0.3) is 0 Å². The third kappa shape index (κ3) is 10.7. The number of carbonyl (C=O) groups excluding carboxylic acids is 9. The van der Waals surface area contributed by atoms with E-state index in [9.17, 15) is 38.4 Å². The number of carbonyl (C=O) groups is 9. The normalized spacial score (nSPS) is 10.7. The van der Waals surface area contributed by atoms with Gasteiger partial charge in [0, 0.05) is 60.1 Å². The third-order valence-electron chi connectivity index (χ3n) is 7.85. The van der Waals surface area contributed by atoms with Gasteiger partial charge in [-0.05, 0) is 60.2 Å². The van der Waals surface area contributed by atoms with Crippen molar-refractivity contribution in [2.24, 2.45) is 0 Å². The highest BCUT2D eigenvalue weighted by atomic mass is 16.6. The van der Waals surface area contributed by atoms with Crippen molar-refractivity contribution in [2.45, 2.75) is 48.5 Å². The molecule has 61 heavy (non-hydrogen) atoms. The van der Waals surface area contributed by atoms with Crippen LogP contribution in [0, 0.1) is 0 Å². The van der Waals surface area contributed by atoms with Gasteiger partial charge in [0.05, 0.1) is 16.5 Å². The zero-order valence-electron chi connectivity index (χ0n) is 33.4. The van der Waals surface area contributed by atoms with Crippen molar-refractivity contribution < 1.29 is 80.7 Å². The van der Waals surface area contributed by atoms with E-state index in [0.717, 1.165) is 52.8 Å². The highest BCUT2D eigenvalue weighted by Crippen LogP contribution is 2.52. The van der Waals surface area contributed by atoms with Crippen molar-refractivity contribution in [3.05, 3.63) is 95.1 Å². The second kappa shape index (κ2) is 18.6. The minimum Gasteiger partial charge on any atom is -0.454 e. The van der Waals surface area contributed by atoms with E-state index in [1.807, 2.05) is 0 Å². The van der Waals surface area contributed by atoms with Crippen LogP contribution in [0.25, 0.3) is 28.4 Å². The summed E-state index contributed by atoms with van der Waals surface area (Å²) in [7, 11) is 0. The molecule has 0 fully saturated rings. The Bertz CT molecular complexity index is 2700. The van der Waals surface area contributed by atoms with E-state index in [0.29, 0.717) is 5.56 Å². The summed E-state index contributed by atoms with van der Waals surface area (Å²) in [5, 5.41) is -0.460. The predicted octanol–water partition coefficient (Wildman–Crippen LogP) is 6.70. The van der Waals surface area contributed by atoms with E-state index in [1.54, 1.807) is 12.1 Å². The summed E-state index contributed by atoms with van der Waals surface area (Å²) in [4.78, 5) is 115. The summed E-state index contributed by atoms with van der Waals surface area (Å²) < 4.78 is 43.7. The number of esters is 7. The van der Waals surface area contributed by atoms with Gasteiger partial charge in [0.2, 0.25) is 11.5 Å². The summed E-state index contributed by atoms with van der Waals surface area (Å²) in [6.45, 7) is 7.47.